The number of amides is 1. The molecule has 0 unspecified atom stereocenters. The standard InChI is InChI=1S/C16H17F3N2O4/c1-9(7-8-20)12(15(24)25-2)21-14(23)13(22)10-3-5-11(6-4-10)16(17,18)19/h3-6,9,12-13,22H,7H2,1-2H3,(H,21,23)/t9-,12-,13-/m1/s1. The van der Waals surface area contributed by atoms with Gasteiger partial charge in [0.25, 0.3) is 5.91 Å². The number of carbonyl (C=O) groups excluding carboxylic acids is 2. The molecule has 2 N–H and O–H groups in total. The molecule has 0 aliphatic heterocycles. The number of carbonyl (C=O) groups is 2. The van der Waals surface area contributed by atoms with Crippen LogP contribution in [0.5, 0.6) is 0 Å². The van der Waals surface area contributed by atoms with E-state index in [0.29, 0.717) is 0 Å². The summed E-state index contributed by atoms with van der Waals surface area (Å²) in [4.78, 5) is 23.8. The Morgan fingerprint density at radius 1 is 1.32 bits per heavy atom. The molecule has 136 valence electrons. The van der Waals surface area contributed by atoms with Gasteiger partial charge in [0.2, 0.25) is 0 Å². The number of aliphatic hydroxyl groups is 1. The molecule has 3 atom stereocenters. The lowest BCUT2D eigenvalue weighted by molar-refractivity contribution is -0.147. The molecule has 6 nitrogen and oxygen atoms in total. The van der Waals surface area contributed by atoms with E-state index in [1.807, 2.05) is 6.07 Å². The highest BCUT2D eigenvalue weighted by Crippen LogP contribution is 2.30. The minimum absolute atomic E-state index is 0.0452. The number of methoxy groups -OCH3 is 1. The van der Waals surface area contributed by atoms with Gasteiger partial charge in [-0.05, 0) is 17.7 Å². The zero-order valence-corrected chi connectivity index (χ0v) is 13.5. The first-order chi connectivity index (χ1) is 11.6. The molecule has 0 aromatic heterocycles. The number of halogens is 3. The lowest BCUT2D eigenvalue weighted by atomic mass is 9.98. The SMILES string of the molecule is COC(=O)[C@H](NC(=O)[C@H](O)c1ccc(C(F)(F)F)cc1)[C@H](C)CC#N. The molecule has 0 heterocycles. The van der Waals surface area contributed by atoms with Crippen LogP contribution in [0, 0.1) is 17.2 Å². The Morgan fingerprint density at radius 3 is 2.32 bits per heavy atom. The summed E-state index contributed by atoms with van der Waals surface area (Å²) < 4.78 is 42.1. The highest BCUT2D eigenvalue weighted by Gasteiger charge is 2.32. The van der Waals surface area contributed by atoms with Gasteiger partial charge in [-0.1, -0.05) is 19.1 Å². The van der Waals surface area contributed by atoms with E-state index in [9.17, 15) is 27.9 Å². The number of hydrogen-bond donors (Lipinski definition) is 2. The zero-order chi connectivity index (χ0) is 19.2. The maximum absolute atomic E-state index is 12.5. The second-order valence-corrected chi connectivity index (χ2v) is 5.37. The van der Waals surface area contributed by atoms with Gasteiger partial charge >= 0.3 is 12.1 Å². The molecule has 1 amide bonds. The summed E-state index contributed by atoms with van der Waals surface area (Å²) in [5, 5.41) is 20.9. The maximum Gasteiger partial charge on any atom is 0.416 e. The minimum Gasteiger partial charge on any atom is -0.467 e. The summed E-state index contributed by atoms with van der Waals surface area (Å²) in [6.07, 6.45) is -6.35. The van der Waals surface area contributed by atoms with Crippen LogP contribution in [0.4, 0.5) is 13.2 Å². The number of alkyl halides is 3. The fourth-order valence-corrected chi connectivity index (χ4v) is 2.06. The predicted molar refractivity (Wildman–Crippen MR) is 79.7 cm³/mol. The Hall–Kier alpha value is -2.60. The molecule has 1 aromatic rings. The number of ether oxygens (including phenoxy) is 1. The van der Waals surface area contributed by atoms with Crippen molar-refractivity contribution in [3.8, 4) is 6.07 Å². The van der Waals surface area contributed by atoms with Crippen LogP contribution in [0.25, 0.3) is 0 Å². The maximum atomic E-state index is 12.5. The second-order valence-electron chi connectivity index (χ2n) is 5.37. The van der Waals surface area contributed by atoms with Crippen LogP contribution in [0.1, 0.15) is 30.6 Å². The summed E-state index contributed by atoms with van der Waals surface area (Å²) in [6.45, 7) is 1.54. The minimum atomic E-state index is -4.53. The fourth-order valence-electron chi connectivity index (χ4n) is 2.06. The second kappa shape index (κ2) is 8.48. The van der Waals surface area contributed by atoms with Gasteiger partial charge in [0, 0.05) is 12.3 Å². The Morgan fingerprint density at radius 2 is 1.88 bits per heavy atom. The largest absolute Gasteiger partial charge is 0.467 e. The van der Waals surface area contributed by atoms with Crippen molar-refractivity contribution < 1.29 is 32.6 Å². The molecule has 0 fully saturated rings. The normalized spacial score (nSPS) is 14.8. The van der Waals surface area contributed by atoms with Crippen molar-refractivity contribution in [2.45, 2.75) is 31.7 Å². The molecule has 0 aliphatic carbocycles. The molecule has 0 bridgehead atoms. The number of esters is 1. The fraction of sp³-hybridized carbons (Fsp3) is 0.438. The zero-order valence-electron chi connectivity index (χ0n) is 13.5. The summed E-state index contributed by atoms with van der Waals surface area (Å²) in [5.74, 6) is -2.36. The molecule has 0 radical (unpaired) electrons. The number of aliphatic hydroxyl groups excluding tert-OH is 1. The van der Waals surface area contributed by atoms with E-state index in [1.54, 1.807) is 0 Å². The third-order valence-corrected chi connectivity index (χ3v) is 3.54. The monoisotopic (exact) mass is 358 g/mol. The van der Waals surface area contributed by atoms with Crippen molar-refractivity contribution in [1.82, 2.24) is 5.32 Å². The van der Waals surface area contributed by atoms with E-state index in [2.05, 4.69) is 10.1 Å². The molecule has 25 heavy (non-hydrogen) atoms. The molecule has 1 aromatic carbocycles. The van der Waals surface area contributed by atoms with E-state index < -0.39 is 41.7 Å². The number of nitrogens with zero attached hydrogens (tertiary/aromatic N) is 1. The van der Waals surface area contributed by atoms with Crippen LogP contribution in [-0.4, -0.2) is 30.1 Å². The van der Waals surface area contributed by atoms with Crippen molar-refractivity contribution in [3.63, 3.8) is 0 Å². The Balaban J connectivity index is 2.90. The molecule has 9 heteroatoms. The smallest absolute Gasteiger partial charge is 0.416 e. The van der Waals surface area contributed by atoms with Crippen LogP contribution in [-0.2, 0) is 20.5 Å². The van der Waals surface area contributed by atoms with Gasteiger partial charge in [-0.25, -0.2) is 4.79 Å². The number of rotatable bonds is 6. The number of benzene rings is 1. The molecule has 0 saturated heterocycles. The molecule has 0 saturated carbocycles. The van der Waals surface area contributed by atoms with Gasteiger partial charge in [0.05, 0.1) is 18.7 Å². The first kappa shape index (κ1) is 20.4. The van der Waals surface area contributed by atoms with E-state index in [4.69, 9.17) is 5.26 Å². The van der Waals surface area contributed by atoms with Crippen LogP contribution in [0.15, 0.2) is 24.3 Å². The van der Waals surface area contributed by atoms with Gasteiger partial charge in [-0.2, -0.15) is 18.4 Å². The number of nitriles is 1. The lowest BCUT2D eigenvalue weighted by Crippen LogP contribution is -2.47. The summed E-state index contributed by atoms with van der Waals surface area (Å²) in [5.41, 5.74) is -0.985. The summed E-state index contributed by atoms with van der Waals surface area (Å²) >= 11 is 0. The highest BCUT2D eigenvalue weighted by atomic mass is 19.4. The lowest BCUT2D eigenvalue weighted by Gasteiger charge is -2.22. The van der Waals surface area contributed by atoms with Crippen LogP contribution >= 0.6 is 0 Å². The van der Waals surface area contributed by atoms with Gasteiger partial charge < -0.3 is 15.2 Å². The average molecular weight is 358 g/mol. The van der Waals surface area contributed by atoms with E-state index in [0.717, 1.165) is 31.4 Å². The topological polar surface area (TPSA) is 99.4 Å². The van der Waals surface area contributed by atoms with Crippen molar-refractivity contribution in [2.75, 3.05) is 7.11 Å². The molecular formula is C16H17F3N2O4. The highest BCUT2D eigenvalue weighted by molar-refractivity contribution is 5.87. The van der Waals surface area contributed by atoms with Crippen molar-refractivity contribution in [3.05, 3.63) is 35.4 Å². The Bertz CT molecular complexity index is 653. The van der Waals surface area contributed by atoms with Gasteiger partial charge in [0.15, 0.2) is 6.10 Å². The quantitative estimate of drug-likeness (QED) is 0.757. The van der Waals surface area contributed by atoms with Crippen LogP contribution in [0.2, 0.25) is 0 Å². The van der Waals surface area contributed by atoms with Crippen LogP contribution < -0.4 is 5.32 Å². The Kier molecular flexibility index (Phi) is 6.94. The number of nitrogens with one attached hydrogen (secondary N) is 1. The first-order valence-electron chi connectivity index (χ1n) is 7.22. The van der Waals surface area contributed by atoms with Crippen LogP contribution in [0.3, 0.4) is 0 Å². The van der Waals surface area contributed by atoms with Gasteiger partial charge in [0.1, 0.15) is 6.04 Å². The molecule has 1 rings (SSSR count). The third kappa shape index (κ3) is 5.46. The predicted octanol–water partition coefficient (Wildman–Crippen LogP) is 1.95. The average Bonchev–Trinajstić information content (AvgIpc) is 2.57. The van der Waals surface area contributed by atoms with E-state index in [1.165, 1.54) is 6.92 Å². The number of hydrogen-bond acceptors (Lipinski definition) is 5. The summed E-state index contributed by atoms with van der Waals surface area (Å²) in [7, 11) is 1.10. The molecular weight excluding hydrogens is 341 g/mol. The van der Waals surface area contributed by atoms with E-state index in [-0.39, 0.29) is 12.0 Å². The van der Waals surface area contributed by atoms with E-state index >= 15 is 0 Å². The Labute approximate surface area is 142 Å². The van der Waals surface area contributed by atoms with Crippen molar-refractivity contribution in [1.29, 1.82) is 5.26 Å². The van der Waals surface area contributed by atoms with Crippen molar-refractivity contribution in [2.24, 2.45) is 5.92 Å². The van der Waals surface area contributed by atoms with Crippen molar-refractivity contribution >= 4 is 11.9 Å². The first-order valence-corrected chi connectivity index (χ1v) is 7.22. The van der Waals surface area contributed by atoms with Gasteiger partial charge in [-0.15, -0.1) is 0 Å². The molecule has 0 spiro atoms. The summed E-state index contributed by atoms with van der Waals surface area (Å²) in [6, 6.07) is 4.11. The molecule has 0 aliphatic rings. The van der Waals surface area contributed by atoms with Gasteiger partial charge in [-0.3, -0.25) is 4.79 Å². The third-order valence-electron chi connectivity index (χ3n) is 3.54.